The summed E-state index contributed by atoms with van der Waals surface area (Å²) in [6.07, 6.45) is 0. The molecule has 0 aliphatic carbocycles. The van der Waals surface area contributed by atoms with E-state index >= 15 is 0 Å². The summed E-state index contributed by atoms with van der Waals surface area (Å²) in [7, 11) is 0. The maximum Gasteiger partial charge on any atom is 0.230 e. The normalized spacial score (nSPS) is 10.6. The number of nitrogens with one attached hydrogen (secondary N) is 1. The number of carbonyl (C=O) groups is 1. The number of amides is 1. The van der Waals surface area contributed by atoms with Gasteiger partial charge in [-0.15, -0.1) is 11.8 Å². The zero-order chi connectivity index (χ0) is 15.2. The molecule has 2 rings (SSSR count). The van der Waals surface area contributed by atoms with Crippen molar-refractivity contribution in [3.05, 3.63) is 52.4 Å². The molecule has 112 valence electrons. The van der Waals surface area contributed by atoms with Crippen LogP contribution in [0.2, 0.25) is 0 Å². The van der Waals surface area contributed by atoms with E-state index in [-0.39, 0.29) is 5.91 Å². The van der Waals surface area contributed by atoms with E-state index in [4.69, 9.17) is 4.52 Å². The number of benzene rings is 1. The van der Waals surface area contributed by atoms with Crippen LogP contribution >= 0.6 is 11.8 Å². The summed E-state index contributed by atoms with van der Waals surface area (Å²) in [6.45, 7) is 6.44. The summed E-state index contributed by atoms with van der Waals surface area (Å²) in [5, 5.41) is 6.85. The Kier molecular flexibility index (Phi) is 5.44. The summed E-state index contributed by atoms with van der Waals surface area (Å²) in [5.41, 5.74) is 4.32. The third-order valence-corrected chi connectivity index (χ3v) is 4.19. The topological polar surface area (TPSA) is 55.1 Å². The Morgan fingerprint density at radius 3 is 2.81 bits per heavy atom. The van der Waals surface area contributed by atoms with Gasteiger partial charge in [0.15, 0.2) is 0 Å². The molecule has 5 heteroatoms. The van der Waals surface area contributed by atoms with Crippen molar-refractivity contribution < 1.29 is 9.32 Å². The molecule has 0 radical (unpaired) electrons. The zero-order valence-electron chi connectivity index (χ0n) is 12.6. The van der Waals surface area contributed by atoms with Gasteiger partial charge in [-0.3, -0.25) is 4.79 Å². The minimum Gasteiger partial charge on any atom is -0.361 e. The van der Waals surface area contributed by atoms with Crippen molar-refractivity contribution in [2.75, 3.05) is 5.75 Å². The van der Waals surface area contributed by atoms with Gasteiger partial charge in [-0.25, -0.2) is 0 Å². The van der Waals surface area contributed by atoms with Crippen LogP contribution in [-0.4, -0.2) is 16.8 Å². The minimum absolute atomic E-state index is 0.0493. The Bertz CT molecular complexity index is 603. The summed E-state index contributed by atoms with van der Waals surface area (Å²) >= 11 is 1.57. The molecule has 21 heavy (non-hydrogen) atoms. The molecule has 0 bridgehead atoms. The van der Waals surface area contributed by atoms with Gasteiger partial charge in [-0.2, -0.15) is 0 Å². The van der Waals surface area contributed by atoms with Gasteiger partial charge < -0.3 is 9.84 Å². The van der Waals surface area contributed by atoms with Crippen LogP contribution in [0.25, 0.3) is 0 Å². The molecule has 1 amide bonds. The molecule has 0 saturated heterocycles. The van der Waals surface area contributed by atoms with Gasteiger partial charge in [-0.1, -0.05) is 35.0 Å². The van der Waals surface area contributed by atoms with Crippen LogP contribution in [0.15, 0.2) is 28.8 Å². The summed E-state index contributed by atoms with van der Waals surface area (Å²) in [5.74, 6) is 2.07. The molecular weight excluding hydrogens is 284 g/mol. The molecule has 1 aromatic carbocycles. The number of hydrogen-bond acceptors (Lipinski definition) is 4. The zero-order valence-corrected chi connectivity index (χ0v) is 13.4. The lowest BCUT2D eigenvalue weighted by molar-refractivity contribution is -0.118. The van der Waals surface area contributed by atoms with E-state index < -0.39 is 0 Å². The second-order valence-electron chi connectivity index (χ2n) is 5.06. The lowest BCUT2D eigenvalue weighted by Gasteiger charge is -2.06. The highest BCUT2D eigenvalue weighted by Crippen LogP contribution is 2.19. The summed E-state index contributed by atoms with van der Waals surface area (Å²) in [6, 6.07) is 8.15. The SMILES string of the molecule is Cc1cccc(CNC(=O)CSCc2c(C)noc2C)c1. The molecule has 1 N–H and O–H groups in total. The molecule has 4 nitrogen and oxygen atoms in total. The first kappa shape index (κ1) is 15.6. The lowest BCUT2D eigenvalue weighted by Crippen LogP contribution is -2.24. The maximum absolute atomic E-state index is 11.8. The highest BCUT2D eigenvalue weighted by atomic mass is 32.2. The number of aromatic nitrogens is 1. The first-order valence-electron chi connectivity index (χ1n) is 6.88. The van der Waals surface area contributed by atoms with Crippen LogP contribution in [0.3, 0.4) is 0 Å². The van der Waals surface area contributed by atoms with Crippen molar-refractivity contribution in [2.24, 2.45) is 0 Å². The first-order chi connectivity index (χ1) is 10.1. The van der Waals surface area contributed by atoms with E-state index in [2.05, 4.69) is 16.5 Å². The maximum atomic E-state index is 11.8. The molecule has 0 aliphatic heterocycles. The highest BCUT2D eigenvalue weighted by molar-refractivity contribution is 7.99. The van der Waals surface area contributed by atoms with Gasteiger partial charge in [0.1, 0.15) is 5.76 Å². The monoisotopic (exact) mass is 304 g/mol. The first-order valence-corrected chi connectivity index (χ1v) is 8.03. The van der Waals surface area contributed by atoms with Gasteiger partial charge in [-0.05, 0) is 26.3 Å². The van der Waals surface area contributed by atoms with Crippen LogP contribution < -0.4 is 5.32 Å². The average Bonchev–Trinajstić information content (AvgIpc) is 2.77. The van der Waals surface area contributed by atoms with Crippen LogP contribution in [0.5, 0.6) is 0 Å². The fraction of sp³-hybridized carbons (Fsp3) is 0.375. The summed E-state index contributed by atoms with van der Waals surface area (Å²) in [4.78, 5) is 11.8. The standard InChI is InChI=1S/C16H20N2O2S/c1-11-5-4-6-14(7-11)8-17-16(19)10-21-9-15-12(2)18-20-13(15)3/h4-7H,8-10H2,1-3H3,(H,17,19). The predicted molar refractivity (Wildman–Crippen MR) is 85.2 cm³/mol. The van der Waals surface area contributed by atoms with Crippen molar-refractivity contribution in [1.29, 1.82) is 0 Å². The van der Waals surface area contributed by atoms with E-state index in [1.165, 1.54) is 5.56 Å². The lowest BCUT2D eigenvalue weighted by atomic mass is 10.1. The number of thioether (sulfide) groups is 1. The predicted octanol–water partition coefficient (Wildman–Crippen LogP) is 3.15. The minimum atomic E-state index is 0.0493. The molecule has 2 aromatic rings. The van der Waals surface area contributed by atoms with Gasteiger partial charge in [0.25, 0.3) is 0 Å². The Morgan fingerprint density at radius 2 is 2.14 bits per heavy atom. The highest BCUT2D eigenvalue weighted by Gasteiger charge is 2.10. The van der Waals surface area contributed by atoms with E-state index in [1.54, 1.807) is 11.8 Å². The van der Waals surface area contributed by atoms with Gasteiger partial charge in [0.2, 0.25) is 5.91 Å². The fourth-order valence-corrected chi connectivity index (χ4v) is 3.03. The molecule has 0 aliphatic rings. The molecule has 0 atom stereocenters. The van der Waals surface area contributed by atoms with Crippen LogP contribution in [0.1, 0.15) is 28.1 Å². The number of rotatable bonds is 6. The Hall–Kier alpha value is -1.75. The Labute approximate surface area is 129 Å². The molecule has 1 heterocycles. The van der Waals surface area contributed by atoms with E-state index in [0.717, 1.165) is 28.3 Å². The summed E-state index contributed by atoms with van der Waals surface area (Å²) < 4.78 is 5.11. The molecule has 0 saturated carbocycles. The number of aryl methyl sites for hydroxylation is 3. The smallest absolute Gasteiger partial charge is 0.230 e. The van der Waals surface area contributed by atoms with Crippen molar-refractivity contribution in [3.8, 4) is 0 Å². The van der Waals surface area contributed by atoms with Gasteiger partial charge in [0.05, 0.1) is 11.4 Å². The van der Waals surface area contributed by atoms with Crippen molar-refractivity contribution in [1.82, 2.24) is 10.5 Å². The second-order valence-corrected chi connectivity index (χ2v) is 6.05. The molecule has 0 unspecified atom stereocenters. The third-order valence-electron chi connectivity index (χ3n) is 3.23. The van der Waals surface area contributed by atoms with E-state index in [0.29, 0.717) is 12.3 Å². The number of carbonyl (C=O) groups excluding carboxylic acids is 1. The van der Waals surface area contributed by atoms with Crippen LogP contribution in [0, 0.1) is 20.8 Å². The quantitative estimate of drug-likeness (QED) is 0.890. The number of hydrogen-bond donors (Lipinski definition) is 1. The van der Waals surface area contributed by atoms with Gasteiger partial charge in [0, 0.05) is 17.9 Å². The molecular formula is C16H20N2O2S. The van der Waals surface area contributed by atoms with Crippen LogP contribution in [-0.2, 0) is 17.1 Å². The fourth-order valence-electron chi connectivity index (χ4n) is 2.03. The molecule has 0 spiro atoms. The van der Waals surface area contributed by atoms with Crippen LogP contribution in [0.4, 0.5) is 0 Å². The largest absolute Gasteiger partial charge is 0.361 e. The second kappa shape index (κ2) is 7.31. The third kappa shape index (κ3) is 4.63. The Morgan fingerprint density at radius 1 is 1.33 bits per heavy atom. The molecule has 0 fully saturated rings. The van der Waals surface area contributed by atoms with Crippen molar-refractivity contribution >= 4 is 17.7 Å². The van der Waals surface area contributed by atoms with E-state index in [1.807, 2.05) is 39.0 Å². The van der Waals surface area contributed by atoms with Crippen molar-refractivity contribution in [2.45, 2.75) is 33.1 Å². The average molecular weight is 304 g/mol. The van der Waals surface area contributed by atoms with Gasteiger partial charge >= 0.3 is 0 Å². The molecule has 1 aromatic heterocycles. The van der Waals surface area contributed by atoms with E-state index in [9.17, 15) is 4.79 Å². The number of nitrogens with zero attached hydrogens (tertiary/aromatic N) is 1. The van der Waals surface area contributed by atoms with Crippen molar-refractivity contribution in [3.63, 3.8) is 0 Å². The Balaban J connectivity index is 1.73.